The van der Waals surface area contributed by atoms with Crippen molar-refractivity contribution in [2.24, 2.45) is 0 Å². The zero-order valence-corrected chi connectivity index (χ0v) is 21.2. The fourth-order valence-electron chi connectivity index (χ4n) is 4.57. The van der Waals surface area contributed by atoms with Gasteiger partial charge >= 0.3 is 0 Å². The Labute approximate surface area is 219 Å². The van der Waals surface area contributed by atoms with Crippen LogP contribution in [0.4, 0.5) is 13.2 Å². The number of carbonyl (C=O) groups is 1. The molecule has 5 N–H and O–H groups in total. The molecule has 0 saturated carbocycles. The van der Waals surface area contributed by atoms with Gasteiger partial charge in [0.15, 0.2) is 17.5 Å². The van der Waals surface area contributed by atoms with Gasteiger partial charge in [-0.3, -0.25) is 4.79 Å². The third-order valence-corrected chi connectivity index (χ3v) is 8.23. The van der Waals surface area contributed by atoms with Crippen molar-refractivity contribution in [3.63, 3.8) is 0 Å². The SMILES string of the molecule is CCNC(=O)C(S[C@@H]1O[C@H](CO)[C@H](O)[C@H](n2cc(-c3cc(F)c(F)c(F)c3)nn2)[C@H]1O)C1(O)CCOCC1. The van der Waals surface area contributed by atoms with Crippen LogP contribution in [0.3, 0.4) is 0 Å². The topological polar surface area (TPSA) is 159 Å². The molecule has 2 saturated heterocycles. The van der Waals surface area contributed by atoms with Gasteiger partial charge in [-0.05, 0) is 19.1 Å². The fraction of sp³-hybridized carbons (Fsp3) is 0.609. The Bertz CT molecular complexity index is 1110. The summed E-state index contributed by atoms with van der Waals surface area (Å²) in [6.07, 6.45) is -2.73. The molecule has 6 atom stereocenters. The van der Waals surface area contributed by atoms with Gasteiger partial charge in [-0.25, -0.2) is 17.9 Å². The summed E-state index contributed by atoms with van der Waals surface area (Å²) in [5, 5.41) is 52.5. The Morgan fingerprint density at radius 3 is 2.50 bits per heavy atom. The smallest absolute Gasteiger partial charge is 0.236 e. The molecule has 15 heteroatoms. The standard InChI is InChI=1S/C23H29F3N4O7S/c1-2-27-21(34)20(23(35)3-5-36-6-4-23)38-22-19(33)17(18(32)15(10-31)37-22)30-9-14(28-29-30)11-7-12(24)16(26)13(25)8-11/h7-9,15,17-20,22,31-33,35H,2-6,10H2,1H3,(H,27,34)/t15-,17+,18+,19-,20?,22+/m1/s1. The van der Waals surface area contributed by atoms with Crippen molar-refractivity contribution < 1.29 is 47.9 Å². The lowest BCUT2D eigenvalue weighted by molar-refractivity contribution is -0.179. The Hall–Kier alpha value is -2.27. The number of amides is 1. The second-order valence-electron chi connectivity index (χ2n) is 9.16. The fourth-order valence-corrected chi connectivity index (χ4v) is 6.06. The van der Waals surface area contributed by atoms with Crippen LogP contribution in [0.25, 0.3) is 11.3 Å². The number of nitrogens with zero attached hydrogens (tertiary/aromatic N) is 3. The molecule has 2 aromatic rings. The molecule has 1 amide bonds. The van der Waals surface area contributed by atoms with E-state index < -0.39 is 70.6 Å². The van der Waals surface area contributed by atoms with E-state index >= 15 is 0 Å². The summed E-state index contributed by atoms with van der Waals surface area (Å²) >= 11 is 0.841. The van der Waals surface area contributed by atoms with E-state index in [4.69, 9.17) is 9.47 Å². The maximum absolute atomic E-state index is 13.7. The summed E-state index contributed by atoms with van der Waals surface area (Å²) in [5.41, 5.74) is -2.89. The second-order valence-corrected chi connectivity index (χ2v) is 10.4. The molecule has 0 spiro atoms. The average Bonchev–Trinajstić information content (AvgIpc) is 3.37. The minimum atomic E-state index is -1.64. The highest BCUT2D eigenvalue weighted by molar-refractivity contribution is 8.01. The lowest BCUT2D eigenvalue weighted by atomic mass is 9.90. The van der Waals surface area contributed by atoms with Gasteiger partial charge in [0, 0.05) is 38.2 Å². The Balaban J connectivity index is 1.63. The Morgan fingerprint density at radius 1 is 1.24 bits per heavy atom. The quantitative estimate of drug-likeness (QED) is 0.280. The molecule has 1 aromatic heterocycles. The molecule has 210 valence electrons. The Morgan fingerprint density at radius 2 is 1.89 bits per heavy atom. The highest BCUT2D eigenvalue weighted by Crippen LogP contribution is 2.41. The van der Waals surface area contributed by atoms with Crippen molar-refractivity contribution in [3.8, 4) is 11.3 Å². The first-order chi connectivity index (χ1) is 18.1. The van der Waals surface area contributed by atoms with Crippen LogP contribution >= 0.6 is 11.8 Å². The van der Waals surface area contributed by atoms with Gasteiger partial charge in [-0.15, -0.1) is 16.9 Å². The molecular weight excluding hydrogens is 533 g/mol. The average molecular weight is 563 g/mol. The van der Waals surface area contributed by atoms with Crippen molar-refractivity contribution in [1.29, 1.82) is 0 Å². The number of halogens is 3. The van der Waals surface area contributed by atoms with Gasteiger partial charge in [-0.2, -0.15) is 0 Å². The van der Waals surface area contributed by atoms with Crippen molar-refractivity contribution >= 4 is 17.7 Å². The van der Waals surface area contributed by atoms with Gasteiger partial charge in [-0.1, -0.05) is 5.21 Å². The summed E-state index contributed by atoms with van der Waals surface area (Å²) in [6.45, 7) is 1.82. The van der Waals surface area contributed by atoms with E-state index in [0.29, 0.717) is 6.54 Å². The highest BCUT2D eigenvalue weighted by atomic mass is 32.2. The van der Waals surface area contributed by atoms with Crippen molar-refractivity contribution in [2.45, 2.75) is 60.4 Å². The molecule has 2 fully saturated rings. The van der Waals surface area contributed by atoms with E-state index in [1.165, 1.54) is 6.20 Å². The molecule has 0 bridgehead atoms. The monoisotopic (exact) mass is 562 g/mol. The summed E-state index contributed by atoms with van der Waals surface area (Å²) in [5.74, 6) is -4.99. The zero-order valence-electron chi connectivity index (χ0n) is 20.3. The number of hydrogen-bond donors (Lipinski definition) is 5. The van der Waals surface area contributed by atoms with Crippen LogP contribution in [0.5, 0.6) is 0 Å². The van der Waals surface area contributed by atoms with Gasteiger partial charge in [0.1, 0.15) is 40.7 Å². The van der Waals surface area contributed by atoms with E-state index in [-0.39, 0.29) is 37.3 Å². The molecule has 4 rings (SSSR count). The molecule has 38 heavy (non-hydrogen) atoms. The molecule has 2 aliphatic rings. The third-order valence-electron chi connectivity index (χ3n) is 6.65. The summed E-state index contributed by atoms with van der Waals surface area (Å²) in [7, 11) is 0. The summed E-state index contributed by atoms with van der Waals surface area (Å²) in [6, 6.07) is 0.184. The van der Waals surface area contributed by atoms with Gasteiger partial charge in [0.2, 0.25) is 5.91 Å². The number of aliphatic hydroxyl groups excluding tert-OH is 3. The number of rotatable bonds is 8. The van der Waals surface area contributed by atoms with E-state index in [0.717, 1.165) is 28.6 Å². The second kappa shape index (κ2) is 11.9. The predicted octanol–water partition coefficient (Wildman–Crippen LogP) is 0.122. The van der Waals surface area contributed by atoms with Crippen molar-refractivity contribution in [3.05, 3.63) is 35.8 Å². The number of nitrogens with one attached hydrogen (secondary N) is 1. The summed E-state index contributed by atoms with van der Waals surface area (Å²) < 4.78 is 52.9. The largest absolute Gasteiger partial charge is 0.394 e. The first-order valence-electron chi connectivity index (χ1n) is 12.0. The molecule has 0 aliphatic carbocycles. The minimum Gasteiger partial charge on any atom is -0.394 e. The molecule has 1 unspecified atom stereocenters. The maximum Gasteiger partial charge on any atom is 0.236 e. The lowest BCUT2D eigenvalue weighted by Gasteiger charge is -2.45. The van der Waals surface area contributed by atoms with Crippen LogP contribution in [0, 0.1) is 17.5 Å². The maximum atomic E-state index is 13.7. The van der Waals surface area contributed by atoms with Crippen LogP contribution in [0.1, 0.15) is 25.8 Å². The number of aliphatic hydroxyl groups is 4. The molecular formula is C23H29F3N4O7S. The third kappa shape index (κ3) is 5.68. The first kappa shape index (κ1) is 28.7. The molecule has 1 aromatic carbocycles. The first-order valence-corrected chi connectivity index (χ1v) is 13.0. The molecule has 3 heterocycles. The highest BCUT2D eigenvalue weighted by Gasteiger charge is 2.51. The van der Waals surface area contributed by atoms with Gasteiger partial charge < -0.3 is 35.2 Å². The van der Waals surface area contributed by atoms with Crippen LogP contribution in [0.2, 0.25) is 0 Å². The van der Waals surface area contributed by atoms with Crippen molar-refractivity contribution in [1.82, 2.24) is 20.3 Å². The minimum absolute atomic E-state index is 0.0739. The number of benzene rings is 1. The van der Waals surface area contributed by atoms with E-state index in [2.05, 4.69) is 15.6 Å². The summed E-state index contributed by atoms with van der Waals surface area (Å²) in [4.78, 5) is 12.9. The molecule has 0 radical (unpaired) electrons. The Kier molecular flexibility index (Phi) is 8.96. The van der Waals surface area contributed by atoms with Crippen LogP contribution in [0.15, 0.2) is 18.3 Å². The predicted molar refractivity (Wildman–Crippen MR) is 127 cm³/mol. The van der Waals surface area contributed by atoms with E-state index in [9.17, 15) is 38.4 Å². The number of thioether (sulfide) groups is 1. The van der Waals surface area contributed by atoms with Gasteiger partial charge in [0.05, 0.1) is 18.4 Å². The van der Waals surface area contributed by atoms with Crippen LogP contribution in [-0.2, 0) is 14.3 Å². The normalized spacial score (nSPS) is 28.2. The van der Waals surface area contributed by atoms with E-state index in [1.54, 1.807) is 6.92 Å². The molecule has 2 aliphatic heterocycles. The van der Waals surface area contributed by atoms with E-state index in [1.807, 2.05) is 0 Å². The van der Waals surface area contributed by atoms with Crippen LogP contribution < -0.4 is 5.32 Å². The number of hydrogen-bond acceptors (Lipinski definition) is 10. The zero-order chi connectivity index (χ0) is 27.6. The van der Waals surface area contributed by atoms with Gasteiger partial charge in [0.25, 0.3) is 0 Å². The number of carbonyl (C=O) groups excluding carboxylic acids is 1. The number of ether oxygens (including phenoxy) is 2. The number of aromatic nitrogens is 3. The molecule has 11 nitrogen and oxygen atoms in total. The van der Waals surface area contributed by atoms with Crippen molar-refractivity contribution in [2.75, 3.05) is 26.4 Å². The lowest BCUT2D eigenvalue weighted by Crippen LogP contribution is -2.58. The van der Waals surface area contributed by atoms with Crippen LogP contribution in [-0.4, -0.2) is 102 Å².